The highest BCUT2D eigenvalue weighted by molar-refractivity contribution is 6.10. The van der Waals surface area contributed by atoms with Gasteiger partial charge in [0, 0.05) is 12.6 Å². The van der Waals surface area contributed by atoms with E-state index in [-0.39, 0.29) is 12.5 Å². The fraction of sp³-hybridized carbons (Fsp3) is 0.294. The molecular weight excluding hydrogens is 341 g/mol. The number of carbonyl (C=O) groups is 3. The third kappa shape index (κ3) is 2.35. The van der Waals surface area contributed by atoms with Crippen molar-refractivity contribution in [2.75, 3.05) is 18.0 Å². The molecular formula is C17H16FN5O3. The Morgan fingerprint density at radius 3 is 2.69 bits per heavy atom. The van der Waals surface area contributed by atoms with Crippen LogP contribution in [0.3, 0.4) is 0 Å². The Balaban J connectivity index is 1.55. The summed E-state index contributed by atoms with van der Waals surface area (Å²) < 4.78 is 14.8. The van der Waals surface area contributed by atoms with Crippen LogP contribution in [0.5, 0.6) is 0 Å². The SMILES string of the molecule is CC1(c2ccc(F)cc2)NC(=O)N(CC(=O)N2CCn3nccc32)C1=O. The smallest absolute Gasteiger partial charge is 0.319 e. The lowest BCUT2D eigenvalue weighted by Gasteiger charge is -2.23. The van der Waals surface area contributed by atoms with Gasteiger partial charge in [-0.3, -0.25) is 19.4 Å². The van der Waals surface area contributed by atoms with Crippen LogP contribution in [0.4, 0.5) is 15.0 Å². The van der Waals surface area contributed by atoms with E-state index in [2.05, 4.69) is 10.4 Å². The van der Waals surface area contributed by atoms with Gasteiger partial charge in [-0.05, 0) is 24.6 Å². The number of aromatic nitrogens is 2. The van der Waals surface area contributed by atoms with Crippen molar-refractivity contribution in [1.29, 1.82) is 0 Å². The maximum atomic E-state index is 13.1. The fourth-order valence-corrected chi connectivity index (χ4v) is 3.33. The number of hydrogen-bond acceptors (Lipinski definition) is 4. The van der Waals surface area contributed by atoms with Crippen molar-refractivity contribution in [3.05, 3.63) is 47.9 Å². The number of hydrogen-bond donors (Lipinski definition) is 1. The number of nitrogens with zero attached hydrogens (tertiary/aromatic N) is 4. The molecule has 1 unspecified atom stereocenters. The zero-order valence-corrected chi connectivity index (χ0v) is 14.0. The van der Waals surface area contributed by atoms with Crippen LogP contribution in [-0.2, 0) is 21.7 Å². The van der Waals surface area contributed by atoms with Gasteiger partial charge in [0.2, 0.25) is 5.91 Å². The molecule has 0 spiro atoms. The van der Waals surface area contributed by atoms with Gasteiger partial charge in [0.1, 0.15) is 23.7 Å². The van der Waals surface area contributed by atoms with E-state index in [0.717, 1.165) is 4.90 Å². The van der Waals surface area contributed by atoms with Crippen LogP contribution in [-0.4, -0.2) is 45.6 Å². The molecule has 2 aliphatic heterocycles. The lowest BCUT2D eigenvalue weighted by atomic mass is 9.92. The van der Waals surface area contributed by atoms with Crippen molar-refractivity contribution in [3.63, 3.8) is 0 Å². The lowest BCUT2D eigenvalue weighted by Crippen LogP contribution is -2.44. The molecule has 1 fully saturated rings. The monoisotopic (exact) mass is 357 g/mol. The molecule has 3 heterocycles. The molecule has 4 rings (SSSR count). The van der Waals surface area contributed by atoms with Gasteiger partial charge < -0.3 is 5.32 Å². The molecule has 1 aromatic heterocycles. The van der Waals surface area contributed by atoms with Gasteiger partial charge in [0.05, 0.1) is 12.7 Å². The minimum absolute atomic E-state index is 0.365. The third-order valence-corrected chi connectivity index (χ3v) is 4.80. The third-order valence-electron chi connectivity index (χ3n) is 4.80. The summed E-state index contributed by atoms with van der Waals surface area (Å²) in [5, 5.41) is 6.70. The molecule has 2 aliphatic rings. The summed E-state index contributed by atoms with van der Waals surface area (Å²) in [5.41, 5.74) is -0.885. The van der Waals surface area contributed by atoms with E-state index in [9.17, 15) is 18.8 Å². The van der Waals surface area contributed by atoms with Gasteiger partial charge in [-0.1, -0.05) is 12.1 Å². The van der Waals surface area contributed by atoms with Crippen LogP contribution in [0, 0.1) is 5.82 Å². The second-order valence-electron chi connectivity index (χ2n) is 6.41. The molecule has 0 aliphatic carbocycles. The Labute approximate surface area is 148 Å². The number of rotatable bonds is 3. The van der Waals surface area contributed by atoms with E-state index in [4.69, 9.17) is 0 Å². The first-order valence-electron chi connectivity index (χ1n) is 8.12. The molecule has 1 N–H and O–H groups in total. The standard InChI is InChI=1S/C17H16FN5O3/c1-17(11-2-4-12(18)5-3-11)15(25)22(16(26)20-17)10-14(24)21-8-9-23-13(21)6-7-19-23/h2-7H,8-10H2,1H3,(H,20,26). The van der Waals surface area contributed by atoms with Crippen LogP contribution in [0.25, 0.3) is 0 Å². The Hall–Kier alpha value is -3.23. The zero-order valence-electron chi connectivity index (χ0n) is 14.0. The van der Waals surface area contributed by atoms with E-state index >= 15 is 0 Å². The Bertz CT molecular complexity index is 909. The lowest BCUT2D eigenvalue weighted by molar-refractivity contribution is -0.134. The summed E-state index contributed by atoms with van der Waals surface area (Å²) >= 11 is 0. The van der Waals surface area contributed by atoms with Crippen molar-refractivity contribution < 1.29 is 18.8 Å². The van der Waals surface area contributed by atoms with Crippen molar-refractivity contribution in [2.24, 2.45) is 0 Å². The topological polar surface area (TPSA) is 87.5 Å². The first-order chi connectivity index (χ1) is 12.4. The number of urea groups is 1. The second kappa shape index (κ2) is 5.65. The Morgan fingerprint density at radius 2 is 1.96 bits per heavy atom. The average molecular weight is 357 g/mol. The van der Waals surface area contributed by atoms with Crippen LogP contribution in [0.2, 0.25) is 0 Å². The van der Waals surface area contributed by atoms with Crippen molar-refractivity contribution in [1.82, 2.24) is 20.0 Å². The van der Waals surface area contributed by atoms with E-state index in [0.29, 0.717) is 24.5 Å². The highest BCUT2D eigenvalue weighted by Gasteiger charge is 2.50. The first kappa shape index (κ1) is 16.2. The van der Waals surface area contributed by atoms with Crippen molar-refractivity contribution >= 4 is 23.7 Å². The number of nitrogens with one attached hydrogen (secondary N) is 1. The predicted octanol–water partition coefficient (Wildman–Crippen LogP) is 0.836. The van der Waals surface area contributed by atoms with Crippen molar-refractivity contribution in [2.45, 2.75) is 19.0 Å². The summed E-state index contributed by atoms with van der Waals surface area (Å²) in [7, 11) is 0. The van der Waals surface area contributed by atoms with E-state index in [1.54, 1.807) is 16.9 Å². The highest BCUT2D eigenvalue weighted by atomic mass is 19.1. The average Bonchev–Trinajstić information content (AvgIpc) is 3.26. The normalized spacial score (nSPS) is 21.9. The van der Waals surface area contributed by atoms with E-state index in [1.807, 2.05) is 0 Å². The number of imide groups is 1. The van der Waals surface area contributed by atoms with Crippen LogP contribution in [0.1, 0.15) is 12.5 Å². The number of amides is 4. The molecule has 1 atom stereocenters. The summed E-state index contributed by atoms with van der Waals surface area (Å²) in [6, 6.07) is 6.39. The molecule has 1 saturated heterocycles. The summed E-state index contributed by atoms with van der Waals surface area (Å²) in [6.07, 6.45) is 1.59. The summed E-state index contributed by atoms with van der Waals surface area (Å²) in [6.45, 7) is 2.19. The van der Waals surface area contributed by atoms with Crippen LogP contribution < -0.4 is 10.2 Å². The Kier molecular flexibility index (Phi) is 3.53. The van der Waals surface area contributed by atoms with Crippen molar-refractivity contribution in [3.8, 4) is 0 Å². The summed E-state index contributed by atoms with van der Waals surface area (Å²) in [4.78, 5) is 40.1. The van der Waals surface area contributed by atoms with Gasteiger partial charge in [0.15, 0.2) is 0 Å². The maximum absolute atomic E-state index is 13.1. The summed E-state index contributed by atoms with van der Waals surface area (Å²) in [5.74, 6) is -0.707. The molecule has 1 aromatic carbocycles. The minimum atomic E-state index is -1.34. The van der Waals surface area contributed by atoms with Gasteiger partial charge in [-0.15, -0.1) is 0 Å². The molecule has 0 radical (unpaired) electrons. The van der Waals surface area contributed by atoms with E-state index < -0.39 is 23.3 Å². The molecule has 134 valence electrons. The predicted molar refractivity (Wildman–Crippen MR) is 88.6 cm³/mol. The zero-order chi connectivity index (χ0) is 18.5. The second-order valence-corrected chi connectivity index (χ2v) is 6.41. The molecule has 0 bridgehead atoms. The largest absolute Gasteiger partial charge is 0.325 e. The molecule has 8 nitrogen and oxygen atoms in total. The fourth-order valence-electron chi connectivity index (χ4n) is 3.33. The molecule has 4 amide bonds. The molecule has 9 heteroatoms. The minimum Gasteiger partial charge on any atom is -0.319 e. The van der Waals surface area contributed by atoms with Gasteiger partial charge >= 0.3 is 6.03 Å². The molecule has 0 saturated carbocycles. The van der Waals surface area contributed by atoms with Crippen LogP contribution in [0.15, 0.2) is 36.5 Å². The number of benzene rings is 1. The van der Waals surface area contributed by atoms with Gasteiger partial charge in [-0.2, -0.15) is 5.10 Å². The Morgan fingerprint density at radius 1 is 1.23 bits per heavy atom. The number of halogens is 1. The number of carbonyl (C=O) groups excluding carboxylic acids is 3. The quantitative estimate of drug-likeness (QED) is 0.825. The van der Waals surface area contributed by atoms with E-state index in [1.165, 1.54) is 36.1 Å². The van der Waals surface area contributed by atoms with Gasteiger partial charge in [0.25, 0.3) is 5.91 Å². The maximum Gasteiger partial charge on any atom is 0.325 e. The first-order valence-corrected chi connectivity index (χ1v) is 8.12. The van der Waals surface area contributed by atoms with Gasteiger partial charge in [-0.25, -0.2) is 13.9 Å². The molecule has 26 heavy (non-hydrogen) atoms. The molecule has 2 aromatic rings. The van der Waals surface area contributed by atoms with Crippen LogP contribution >= 0.6 is 0 Å². The number of fused-ring (bicyclic) bond motifs is 1. The highest BCUT2D eigenvalue weighted by Crippen LogP contribution is 2.29. The number of anilines is 1.